The lowest BCUT2D eigenvalue weighted by atomic mass is 10.2. The van der Waals surface area contributed by atoms with Crippen molar-refractivity contribution in [2.24, 2.45) is 10.2 Å². The van der Waals surface area contributed by atoms with E-state index in [4.69, 9.17) is 18.9 Å². The van der Waals surface area contributed by atoms with E-state index in [1.807, 2.05) is 0 Å². The first kappa shape index (κ1) is 20.2. The number of halogens is 2. The first-order valence-electron chi connectivity index (χ1n) is 8.36. The summed E-state index contributed by atoms with van der Waals surface area (Å²) >= 11 is 6.74. The summed E-state index contributed by atoms with van der Waals surface area (Å²) in [6.07, 6.45) is 2.73. The number of hydrogen-bond donors (Lipinski definition) is 2. The molecule has 0 saturated heterocycles. The summed E-state index contributed by atoms with van der Waals surface area (Å²) in [7, 11) is 0. The standard InChI is InChI=1S/C18H12Br2N4O6/c19-11-3-15-13(27-7-29-15)1-9(11)5-21-23-17(25)18(26)24-22-6-10-2-14-16(4-12(10)20)30-8-28-14/h1-6H,7-8H2,(H,23,25)(H,24,26)/b21-5-,22-6-. The summed E-state index contributed by atoms with van der Waals surface area (Å²) in [6.45, 7) is 0.283. The lowest BCUT2D eigenvalue weighted by Gasteiger charge is -2.02. The third kappa shape index (κ3) is 4.39. The topological polar surface area (TPSA) is 120 Å². The maximum Gasteiger partial charge on any atom is 0.331 e. The van der Waals surface area contributed by atoms with Crippen LogP contribution in [0.5, 0.6) is 23.0 Å². The molecule has 0 spiro atoms. The van der Waals surface area contributed by atoms with Crippen molar-refractivity contribution in [3.05, 3.63) is 44.3 Å². The Morgan fingerprint density at radius 3 is 1.50 bits per heavy atom. The van der Waals surface area contributed by atoms with Gasteiger partial charge in [-0.1, -0.05) is 0 Å². The zero-order chi connectivity index (χ0) is 21.1. The van der Waals surface area contributed by atoms with Crippen molar-refractivity contribution in [2.45, 2.75) is 0 Å². The molecule has 0 radical (unpaired) electrons. The van der Waals surface area contributed by atoms with E-state index in [0.717, 1.165) is 0 Å². The van der Waals surface area contributed by atoms with Crippen molar-refractivity contribution in [3.63, 3.8) is 0 Å². The van der Waals surface area contributed by atoms with Crippen LogP contribution >= 0.6 is 31.9 Å². The minimum absolute atomic E-state index is 0.141. The molecule has 2 heterocycles. The third-order valence-electron chi connectivity index (χ3n) is 3.93. The number of benzene rings is 2. The zero-order valence-electron chi connectivity index (χ0n) is 15.0. The van der Waals surface area contributed by atoms with Gasteiger partial charge in [0.15, 0.2) is 23.0 Å². The molecule has 154 valence electrons. The average molecular weight is 540 g/mol. The fourth-order valence-corrected chi connectivity index (χ4v) is 3.34. The molecule has 2 N–H and O–H groups in total. The predicted molar refractivity (Wildman–Crippen MR) is 112 cm³/mol. The summed E-state index contributed by atoms with van der Waals surface area (Å²) in [4.78, 5) is 23.7. The van der Waals surface area contributed by atoms with E-state index < -0.39 is 11.8 Å². The van der Waals surface area contributed by atoms with Crippen LogP contribution in [-0.2, 0) is 9.59 Å². The molecular formula is C18H12Br2N4O6. The molecule has 0 fully saturated rings. The fraction of sp³-hybridized carbons (Fsp3) is 0.111. The highest BCUT2D eigenvalue weighted by Gasteiger charge is 2.17. The van der Waals surface area contributed by atoms with E-state index in [-0.39, 0.29) is 13.6 Å². The number of fused-ring (bicyclic) bond motifs is 2. The van der Waals surface area contributed by atoms with Crippen LogP contribution in [0.2, 0.25) is 0 Å². The smallest absolute Gasteiger partial charge is 0.331 e. The van der Waals surface area contributed by atoms with Crippen LogP contribution in [0.3, 0.4) is 0 Å². The van der Waals surface area contributed by atoms with Gasteiger partial charge in [0.25, 0.3) is 0 Å². The summed E-state index contributed by atoms with van der Waals surface area (Å²) in [6, 6.07) is 6.83. The highest BCUT2D eigenvalue weighted by molar-refractivity contribution is 9.10. The second-order valence-electron chi connectivity index (χ2n) is 5.85. The van der Waals surface area contributed by atoms with Crippen molar-refractivity contribution in [1.82, 2.24) is 10.9 Å². The van der Waals surface area contributed by atoms with Crippen LogP contribution < -0.4 is 29.8 Å². The van der Waals surface area contributed by atoms with Crippen molar-refractivity contribution in [2.75, 3.05) is 13.6 Å². The molecule has 10 nitrogen and oxygen atoms in total. The van der Waals surface area contributed by atoms with E-state index in [2.05, 4.69) is 52.9 Å². The minimum atomic E-state index is -0.981. The Hall–Kier alpha value is -3.12. The molecule has 30 heavy (non-hydrogen) atoms. The molecule has 2 aliphatic heterocycles. The van der Waals surface area contributed by atoms with Crippen LogP contribution in [0.1, 0.15) is 11.1 Å². The fourth-order valence-electron chi connectivity index (χ4n) is 2.49. The molecule has 0 saturated carbocycles. The second-order valence-corrected chi connectivity index (χ2v) is 7.56. The van der Waals surface area contributed by atoms with E-state index in [1.165, 1.54) is 12.4 Å². The molecule has 12 heteroatoms. The van der Waals surface area contributed by atoms with Crippen molar-refractivity contribution in [3.8, 4) is 23.0 Å². The molecule has 2 aromatic carbocycles. The van der Waals surface area contributed by atoms with Gasteiger partial charge in [0.2, 0.25) is 13.6 Å². The number of rotatable bonds is 4. The van der Waals surface area contributed by atoms with E-state index in [9.17, 15) is 9.59 Å². The van der Waals surface area contributed by atoms with Gasteiger partial charge in [0, 0.05) is 20.1 Å². The third-order valence-corrected chi connectivity index (χ3v) is 5.30. The number of ether oxygens (including phenoxy) is 4. The SMILES string of the molecule is O=C(N/N=C\c1cc2c(cc1Br)OCO2)C(=O)N/N=C\c1cc2c(cc1Br)OCO2. The molecular weight excluding hydrogens is 528 g/mol. The van der Waals surface area contributed by atoms with Crippen LogP contribution in [0.4, 0.5) is 0 Å². The van der Waals surface area contributed by atoms with Crippen molar-refractivity contribution < 1.29 is 28.5 Å². The normalized spacial score (nSPS) is 13.8. The molecule has 0 bridgehead atoms. The van der Waals surface area contributed by atoms with E-state index in [1.54, 1.807) is 24.3 Å². The van der Waals surface area contributed by atoms with Gasteiger partial charge in [0.1, 0.15) is 0 Å². The van der Waals surface area contributed by atoms with Gasteiger partial charge < -0.3 is 18.9 Å². The van der Waals surface area contributed by atoms with Crippen LogP contribution in [-0.4, -0.2) is 37.8 Å². The van der Waals surface area contributed by atoms with Gasteiger partial charge in [-0.3, -0.25) is 9.59 Å². The summed E-state index contributed by atoms with van der Waals surface area (Å²) in [5, 5.41) is 7.53. The van der Waals surface area contributed by atoms with Crippen molar-refractivity contribution >= 4 is 56.1 Å². The molecule has 0 atom stereocenters. The minimum Gasteiger partial charge on any atom is -0.454 e. The Morgan fingerprint density at radius 2 is 1.10 bits per heavy atom. The van der Waals surface area contributed by atoms with Crippen LogP contribution in [0.15, 0.2) is 43.4 Å². The second kappa shape index (κ2) is 8.71. The number of hydrazone groups is 2. The Bertz CT molecular complexity index is 1000. The maximum atomic E-state index is 11.9. The van der Waals surface area contributed by atoms with E-state index in [0.29, 0.717) is 43.1 Å². The van der Waals surface area contributed by atoms with Gasteiger partial charge in [-0.05, 0) is 56.1 Å². The first-order valence-corrected chi connectivity index (χ1v) is 9.94. The zero-order valence-corrected chi connectivity index (χ0v) is 18.2. The summed E-state index contributed by atoms with van der Waals surface area (Å²) < 4.78 is 22.5. The van der Waals surface area contributed by atoms with E-state index >= 15 is 0 Å². The lowest BCUT2D eigenvalue weighted by molar-refractivity contribution is -0.139. The molecule has 2 aliphatic rings. The monoisotopic (exact) mass is 538 g/mol. The maximum absolute atomic E-state index is 11.9. The molecule has 0 unspecified atom stereocenters. The average Bonchev–Trinajstić information content (AvgIpc) is 3.36. The van der Waals surface area contributed by atoms with Gasteiger partial charge in [-0.25, -0.2) is 10.9 Å². The highest BCUT2D eigenvalue weighted by atomic mass is 79.9. The number of nitrogens with zero attached hydrogens (tertiary/aromatic N) is 2. The van der Waals surface area contributed by atoms with Gasteiger partial charge in [0.05, 0.1) is 12.4 Å². The number of carbonyl (C=O) groups is 2. The van der Waals surface area contributed by atoms with Crippen LogP contribution in [0, 0.1) is 0 Å². The Balaban J connectivity index is 1.32. The Morgan fingerprint density at radius 1 is 0.733 bits per heavy atom. The predicted octanol–water partition coefficient (Wildman–Crippen LogP) is 2.27. The van der Waals surface area contributed by atoms with Gasteiger partial charge >= 0.3 is 11.8 Å². The summed E-state index contributed by atoms with van der Waals surface area (Å²) in [5.74, 6) is 0.374. The number of nitrogens with one attached hydrogen (secondary N) is 2. The molecule has 4 rings (SSSR count). The highest BCUT2D eigenvalue weighted by Crippen LogP contribution is 2.37. The number of hydrogen-bond acceptors (Lipinski definition) is 8. The van der Waals surface area contributed by atoms with Gasteiger partial charge in [-0.2, -0.15) is 10.2 Å². The number of amides is 2. The molecule has 2 aromatic rings. The van der Waals surface area contributed by atoms with Crippen molar-refractivity contribution in [1.29, 1.82) is 0 Å². The Kier molecular flexibility index (Phi) is 5.86. The lowest BCUT2D eigenvalue weighted by Crippen LogP contribution is -2.35. The molecule has 2 amide bonds. The van der Waals surface area contributed by atoms with Gasteiger partial charge in [-0.15, -0.1) is 0 Å². The molecule has 0 aromatic heterocycles. The number of carbonyl (C=O) groups excluding carboxylic acids is 2. The first-order chi connectivity index (χ1) is 14.5. The summed E-state index contributed by atoms with van der Waals surface area (Å²) in [5.41, 5.74) is 5.51. The Labute approximate surface area is 186 Å². The van der Waals surface area contributed by atoms with Crippen LogP contribution in [0.25, 0.3) is 0 Å². The quantitative estimate of drug-likeness (QED) is 0.349. The largest absolute Gasteiger partial charge is 0.454 e. The molecule has 0 aliphatic carbocycles.